The third-order valence-corrected chi connectivity index (χ3v) is 21.1. The molecule has 0 radical (unpaired) electrons. The zero-order valence-electron chi connectivity index (χ0n) is 4.64. The lowest BCUT2D eigenvalue weighted by atomic mass is 12.0. The lowest BCUT2D eigenvalue weighted by Crippen LogP contribution is -1.97. The van der Waals surface area contributed by atoms with Crippen molar-refractivity contribution in [2.24, 2.45) is 0 Å². The van der Waals surface area contributed by atoms with Crippen molar-refractivity contribution in [1.29, 1.82) is 0 Å². The lowest BCUT2D eigenvalue weighted by Gasteiger charge is -1.99. The third-order valence-electron chi connectivity index (χ3n) is 0.356. The van der Waals surface area contributed by atoms with Crippen molar-refractivity contribution in [2.45, 2.75) is 0 Å². The normalized spacial score (nSPS) is 23.0. The van der Waals surface area contributed by atoms with Crippen LogP contribution in [0, 0.1) is 0 Å². The van der Waals surface area contributed by atoms with Gasteiger partial charge in [0.05, 0.1) is 7.52 Å². The van der Waals surface area contributed by atoms with Gasteiger partial charge in [-0.25, -0.2) is 4.21 Å². The topological polar surface area (TPSA) is 17.1 Å². The molecule has 0 saturated carbocycles. The zero-order chi connectivity index (χ0) is 8.36. The Morgan fingerprint density at radius 1 is 1.60 bits per heavy atom. The zero-order valence-corrected chi connectivity index (χ0v) is 12.5. The van der Waals surface area contributed by atoms with E-state index < -0.39 is 15.0 Å². The molecule has 62 valence electrons. The Bertz CT molecular complexity index is 249. The van der Waals surface area contributed by atoms with Crippen molar-refractivity contribution in [3.63, 3.8) is 0 Å². The van der Waals surface area contributed by atoms with Crippen LogP contribution in [-0.2, 0) is 54.3 Å². The highest BCUT2D eigenvalue weighted by molar-refractivity contribution is 14.2. The average Bonchev–Trinajstić information content (AvgIpc) is 1.60. The van der Waals surface area contributed by atoms with Gasteiger partial charge in [-0.3, -0.25) is 0 Å². The summed E-state index contributed by atoms with van der Waals surface area (Å²) in [5, 5.41) is 0. The number of hydrogen-bond donors (Lipinski definition) is 0. The molecule has 9 heteroatoms. The molecule has 0 spiro atoms. The largest absolute Gasteiger partial charge is 0.245 e. The van der Waals surface area contributed by atoms with E-state index in [1.807, 2.05) is 0 Å². The summed E-state index contributed by atoms with van der Waals surface area (Å²) in [7, 11) is -1.54. The first kappa shape index (κ1) is 12.6. The second kappa shape index (κ2) is 5.35. The molecule has 3 unspecified atom stereocenters. The molecular weight excluding hydrogens is 379 g/mol. The molecule has 0 aliphatic heterocycles. The molecule has 0 N–H and O–H groups in total. The maximum Gasteiger partial charge on any atom is 0.0928 e. The molecule has 0 aliphatic rings. The Balaban J connectivity index is 4.28. The molecule has 0 saturated heterocycles. The Morgan fingerprint density at radius 3 is 2.10 bits per heavy atom. The molecule has 1 nitrogen and oxygen atoms in total. The van der Waals surface area contributed by atoms with Crippen LogP contribution in [0.3, 0.4) is 0 Å². The van der Waals surface area contributed by atoms with E-state index in [9.17, 15) is 4.21 Å². The first-order chi connectivity index (χ1) is 4.34. The summed E-state index contributed by atoms with van der Waals surface area (Å²) in [5.74, 6) is 0. The summed E-state index contributed by atoms with van der Waals surface area (Å²) in [6.45, 7) is 0. The second-order valence-corrected chi connectivity index (χ2v) is 23.4. The number of halogens is 1. The van der Waals surface area contributed by atoms with Crippen molar-refractivity contribution in [3.05, 3.63) is 0 Å². The van der Waals surface area contributed by atoms with E-state index in [2.05, 4.69) is 21.2 Å². The van der Waals surface area contributed by atoms with E-state index in [1.54, 1.807) is 0 Å². The van der Waals surface area contributed by atoms with Gasteiger partial charge >= 0.3 is 0 Å². The Morgan fingerprint density at radius 2 is 2.00 bits per heavy atom. The lowest BCUT2D eigenvalue weighted by molar-refractivity contribution is 0.694. The van der Waals surface area contributed by atoms with E-state index in [0.29, 0.717) is 0 Å². The van der Waals surface area contributed by atoms with Gasteiger partial charge in [0.25, 0.3) is 0 Å². The van der Waals surface area contributed by atoms with Gasteiger partial charge in [-0.1, -0.05) is 0 Å². The SMILES string of the molecule is CS(=O)(=S)S(=S)SS(=S)I. The molecule has 0 bridgehead atoms. The van der Waals surface area contributed by atoms with Crippen molar-refractivity contribution in [2.75, 3.05) is 6.26 Å². The minimum absolute atomic E-state index is 0.260. The van der Waals surface area contributed by atoms with Crippen LogP contribution in [0.5, 0.6) is 0 Å². The summed E-state index contributed by atoms with van der Waals surface area (Å²) in [6.07, 6.45) is 1.50. The predicted octanol–water partition coefficient (Wildman–Crippen LogP) is 1.35. The highest BCUT2D eigenvalue weighted by Gasteiger charge is 2.06. The number of rotatable bonds is 3. The van der Waals surface area contributed by atoms with Gasteiger partial charge in [-0.2, -0.15) is 0 Å². The van der Waals surface area contributed by atoms with Crippen molar-refractivity contribution in [3.8, 4) is 0 Å². The molecule has 0 rings (SSSR count). The van der Waals surface area contributed by atoms with Gasteiger partial charge < -0.3 is 0 Å². The van der Waals surface area contributed by atoms with Gasteiger partial charge in [0.2, 0.25) is 0 Å². The maximum atomic E-state index is 11.1. The molecule has 0 fully saturated rings. The molecule has 0 aromatic heterocycles. The average molecular weight is 382 g/mol. The summed E-state index contributed by atoms with van der Waals surface area (Å²) in [6, 6.07) is 0. The first-order valence-corrected chi connectivity index (χ1v) is 13.8. The smallest absolute Gasteiger partial charge is 0.0928 e. The van der Waals surface area contributed by atoms with E-state index in [1.165, 1.54) is 16.1 Å². The molecule has 0 aromatic rings. The minimum Gasteiger partial charge on any atom is -0.245 e. The highest BCUT2D eigenvalue weighted by atomic mass is 127. The molecule has 0 amide bonds. The molecule has 0 aliphatic carbocycles. The number of hydrogen-bond acceptors (Lipinski definition) is 5. The van der Waals surface area contributed by atoms with Gasteiger partial charge in [-0.15, -0.1) is 0 Å². The quantitative estimate of drug-likeness (QED) is 0.415. The van der Waals surface area contributed by atoms with Crippen LogP contribution in [0.15, 0.2) is 0 Å². The third kappa shape index (κ3) is 6.14. The maximum absolute atomic E-state index is 11.1. The molecule has 0 heterocycles. The predicted molar refractivity (Wildman–Crippen MR) is 72.5 cm³/mol. The van der Waals surface area contributed by atoms with Crippen molar-refractivity contribution in [1.82, 2.24) is 0 Å². The van der Waals surface area contributed by atoms with Crippen LogP contribution in [0.1, 0.15) is 0 Å². The van der Waals surface area contributed by atoms with Gasteiger partial charge in [0, 0.05) is 50.5 Å². The summed E-state index contributed by atoms with van der Waals surface area (Å²) in [4.78, 5) is 0. The van der Waals surface area contributed by atoms with Gasteiger partial charge in [-0.05, 0) is 33.6 Å². The van der Waals surface area contributed by atoms with E-state index in [4.69, 9.17) is 33.6 Å². The highest BCUT2D eigenvalue weighted by Crippen LogP contribution is 2.23. The van der Waals surface area contributed by atoms with E-state index in [0.717, 1.165) is 0 Å². The first-order valence-electron chi connectivity index (χ1n) is 1.73. The monoisotopic (exact) mass is 382 g/mol. The molecule has 0 aromatic carbocycles. The van der Waals surface area contributed by atoms with Crippen molar-refractivity contribution >= 4 is 85.3 Å². The fourth-order valence-electron chi connectivity index (χ4n) is 0.0941. The standard InChI is InChI=1S/CH3IOS7/c1-10(3,6)9(5)7-8(2)4/h1H3. The van der Waals surface area contributed by atoms with Crippen LogP contribution in [0.25, 0.3) is 0 Å². The summed E-state index contributed by atoms with van der Waals surface area (Å²) in [5.41, 5.74) is -0.260. The Kier molecular flexibility index (Phi) is 6.73. The second-order valence-electron chi connectivity index (χ2n) is 1.17. The minimum atomic E-state index is -2.22. The summed E-state index contributed by atoms with van der Waals surface area (Å²) < 4.78 is 11.1. The molecule has 3 atom stereocenters. The molecule has 10 heavy (non-hydrogen) atoms. The van der Waals surface area contributed by atoms with Gasteiger partial charge in [0.1, 0.15) is 0 Å². The van der Waals surface area contributed by atoms with Crippen LogP contribution in [0.2, 0.25) is 0 Å². The van der Waals surface area contributed by atoms with E-state index >= 15 is 0 Å². The van der Waals surface area contributed by atoms with Crippen molar-refractivity contribution < 1.29 is 4.21 Å². The Hall–Kier alpha value is 2.59. The fourth-order valence-corrected chi connectivity index (χ4v) is 22.8. The van der Waals surface area contributed by atoms with Crippen LogP contribution < -0.4 is 0 Å². The fraction of sp³-hybridized carbons (Fsp3) is 1.00. The van der Waals surface area contributed by atoms with Crippen LogP contribution >= 0.6 is 31.0 Å². The summed E-state index contributed by atoms with van der Waals surface area (Å²) >= 11 is 16.5. The van der Waals surface area contributed by atoms with E-state index in [-0.39, 0.29) is 5.66 Å². The Labute approximate surface area is 94.1 Å². The van der Waals surface area contributed by atoms with Crippen LogP contribution in [0.4, 0.5) is 0 Å². The van der Waals surface area contributed by atoms with Crippen LogP contribution in [-0.4, -0.2) is 10.5 Å². The van der Waals surface area contributed by atoms with Gasteiger partial charge in [0.15, 0.2) is 0 Å². The molecular formula is CH3IOS7.